The maximum atomic E-state index is 13.6. The van der Waals surface area contributed by atoms with E-state index in [-0.39, 0.29) is 0 Å². The summed E-state index contributed by atoms with van der Waals surface area (Å²) in [5.41, 5.74) is 4.24. The zero-order valence-corrected chi connectivity index (χ0v) is 23.8. The van der Waals surface area contributed by atoms with Crippen LogP contribution in [0.15, 0.2) is 18.2 Å². The number of amides is 1. The number of ether oxygens (including phenoxy) is 1. The number of nitrogens with zero attached hydrogens (tertiary/aromatic N) is 3. The van der Waals surface area contributed by atoms with Gasteiger partial charge >= 0.3 is 0 Å². The van der Waals surface area contributed by atoms with Crippen LogP contribution in [0.5, 0.6) is 0 Å². The zero-order chi connectivity index (χ0) is 25.8. The summed E-state index contributed by atoms with van der Waals surface area (Å²) >= 11 is 0. The Kier molecular flexibility index (Phi) is 9.00. The molecular formula is C32H51N3O2. The summed E-state index contributed by atoms with van der Waals surface area (Å²) < 4.78 is 5.72. The SMILES string of the molecule is CCC1CCC(C2N(C)c3c(C[C@H]4CCOC4)cccc3N2CCC(=O)N(CC)C2CCCCC2)CC1. The fourth-order valence-electron chi connectivity index (χ4n) is 8.03. The quantitative estimate of drug-likeness (QED) is 0.374. The summed E-state index contributed by atoms with van der Waals surface area (Å²) in [6, 6.07) is 7.38. The molecule has 2 atom stereocenters. The van der Waals surface area contributed by atoms with E-state index in [1.807, 2.05) is 0 Å². The Hall–Kier alpha value is -1.75. The molecule has 5 nitrogen and oxygen atoms in total. The largest absolute Gasteiger partial charge is 0.381 e. The van der Waals surface area contributed by atoms with E-state index in [2.05, 4.69) is 53.8 Å². The van der Waals surface area contributed by atoms with Crippen LogP contribution < -0.4 is 9.80 Å². The second-order valence-corrected chi connectivity index (χ2v) is 12.3. The maximum absolute atomic E-state index is 13.6. The zero-order valence-electron chi connectivity index (χ0n) is 23.8. The molecule has 5 rings (SSSR count). The van der Waals surface area contributed by atoms with Crippen molar-refractivity contribution in [3.05, 3.63) is 23.8 Å². The van der Waals surface area contributed by atoms with Gasteiger partial charge in [0.25, 0.3) is 0 Å². The molecule has 1 saturated heterocycles. The van der Waals surface area contributed by atoms with E-state index in [9.17, 15) is 4.79 Å². The summed E-state index contributed by atoms with van der Waals surface area (Å²) in [6.07, 6.45) is 16.1. The Morgan fingerprint density at radius 3 is 2.46 bits per heavy atom. The van der Waals surface area contributed by atoms with Crippen molar-refractivity contribution in [2.75, 3.05) is 43.2 Å². The average Bonchev–Trinajstić information content (AvgIpc) is 3.55. The molecule has 1 aromatic rings. The third-order valence-electron chi connectivity index (χ3n) is 10.1. The summed E-state index contributed by atoms with van der Waals surface area (Å²) in [6.45, 7) is 7.99. The van der Waals surface area contributed by atoms with Crippen molar-refractivity contribution < 1.29 is 9.53 Å². The molecular weight excluding hydrogens is 458 g/mol. The van der Waals surface area contributed by atoms with Crippen LogP contribution in [-0.4, -0.2) is 56.4 Å². The van der Waals surface area contributed by atoms with E-state index in [0.29, 0.717) is 36.4 Å². The smallest absolute Gasteiger partial charge is 0.224 e. The van der Waals surface area contributed by atoms with Crippen LogP contribution in [0.4, 0.5) is 11.4 Å². The highest BCUT2D eigenvalue weighted by molar-refractivity contribution is 5.82. The van der Waals surface area contributed by atoms with Crippen molar-refractivity contribution in [3.63, 3.8) is 0 Å². The average molecular weight is 510 g/mol. The number of fused-ring (bicyclic) bond motifs is 1. The highest BCUT2D eigenvalue weighted by Gasteiger charge is 2.41. The molecule has 37 heavy (non-hydrogen) atoms. The number of anilines is 2. The fourth-order valence-corrected chi connectivity index (χ4v) is 8.03. The van der Waals surface area contributed by atoms with Crippen molar-refractivity contribution >= 4 is 17.3 Å². The predicted molar refractivity (Wildman–Crippen MR) is 153 cm³/mol. The lowest BCUT2D eigenvalue weighted by Crippen LogP contribution is -2.49. The lowest BCUT2D eigenvalue weighted by Gasteiger charge is -2.41. The Morgan fingerprint density at radius 2 is 1.78 bits per heavy atom. The van der Waals surface area contributed by atoms with Crippen molar-refractivity contribution in [3.8, 4) is 0 Å². The number of rotatable bonds is 9. The van der Waals surface area contributed by atoms with Crippen LogP contribution in [0.1, 0.15) is 96.5 Å². The van der Waals surface area contributed by atoms with Gasteiger partial charge in [-0.15, -0.1) is 0 Å². The van der Waals surface area contributed by atoms with Crippen molar-refractivity contribution in [2.24, 2.45) is 17.8 Å². The first-order valence-corrected chi connectivity index (χ1v) is 15.6. The number of para-hydroxylation sites is 1. The van der Waals surface area contributed by atoms with E-state index < -0.39 is 0 Å². The second-order valence-electron chi connectivity index (χ2n) is 12.3. The molecule has 1 aromatic carbocycles. The van der Waals surface area contributed by atoms with Crippen LogP contribution in [0.2, 0.25) is 0 Å². The van der Waals surface area contributed by atoms with E-state index >= 15 is 0 Å². The van der Waals surface area contributed by atoms with Gasteiger partial charge in [-0.3, -0.25) is 4.79 Å². The molecule has 0 N–H and O–H groups in total. The summed E-state index contributed by atoms with van der Waals surface area (Å²) in [5.74, 6) is 2.55. The molecule has 0 spiro atoms. The van der Waals surface area contributed by atoms with Gasteiger partial charge in [0.1, 0.15) is 6.17 Å². The van der Waals surface area contributed by atoms with Crippen molar-refractivity contribution in [2.45, 2.75) is 110 Å². The molecule has 2 aliphatic heterocycles. The van der Waals surface area contributed by atoms with Gasteiger partial charge in [0.05, 0.1) is 11.4 Å². The Labute approximate surface area is 225 Å². The molecule has 1 amide bonds. The molecule has 0 bridgehead atoms. The number of carbonyl (C=O) groups excluding carboxylic acids is 1. The van der Waals surface area contributed by atoms with Crippen LogP contribution in [0.25, 0.3) is 0 Å². The minimum absolute atomic E-state index is 0.359. The molecule has 2 heterocycles. The standard InChI is InChI=1S/C32H51N3O2/c1-4-24-14-16-26(17-15-24)32-33(3)31-27(22-25-19-21-37-23-25)10-9-13-29(31)35(32)20-18-30(36)34(5-2)28-11-7-6-8-12-28/h9-10,13,24-26,28,32H,4-8,11-12,14-23H2,1-3H3/t24?,25-,26?,32?/m1/s1. The van der Waals surface area contributed by atoms with E-state index in [1.165, 1.54) is 87.6 Å². The topological polar surface area (TPSA) is 36.0 Å². The molecule has 0 radical (unpaired) electrons. The summed E-state index contributed by atoms with van der Waals surface area (Å²) in [5, 5.41) is 0. The fraction of sp³-hybridized carbons (Fsp3) is 0.781. The van der Waals surface area contributed by atoms with Crippen molar-refractivity contribution in [1.82, 2.24) is 4.90 Å². The normalized spacial score (nSPS) is 28.5. The van der Waals surface area contributed by atoms with E-state index in [0.717, 1.165) is 38.6 Å². The Bertz CT molecular complexity index is 884. The molecule has 206 valence electrons. The molecule has 4 aliphatic rings. The number of hydrogen-bond donors (Lipinski definition) is 0. The molecule has 5 heteroatoms. The van der Waals surface area contributed by atoms with Crippen molar-refractivity contribution in [1.29, 1.82) is 0 Å². The number of benzene rings is 1. The highest BCUT2D eigenvalue weighted by atomic mass is 16.5. The van der Waals surface area contributed by atoms with Gasteiger partial charge in [0.2, 0.25) is 5.91 Å². The van der Waals surface area contributed by atoms with E-state index in [1.54, 1.807) is 0 Å². The second kappa shape index (κ2) is 12.4. The maximum Gasteiger partial charge on any atom is 0.224 e. The number of carbonyl (C=O) groups is 1. The first kappa shape index (κ1) is 26.8. The lowest BCUT2D eigenvalue weighted by atomic mass is 9.79. The van der Waals surface area contributed by atoms with Gasteiger partial charge in [-0.05, 0) is 74.8 Å². The monoisotopic (exact) mass is 509 g/mol. The first-order valence-electron chi connectivity index (χ1n) is 15.6. The third kappa shape index (κ3) is 5.82. The third-order valence-corrected chi connectivity index (χ3v) is 10.1. The Balaban J connectivity index is 1.36. The number of hydrogen-bond acceptors (Lipinski definition) is 4. The lowest BCUT2D eigenvalue weighted by molar-refractivity contribution is -0.133. The summed E-state index contributed by atoms with van der Waals surface area (Å²) in [4.78, 5) is 21.0. The molecule has 2 saturated carbocycles. The van der Waals surface area contributed by atoms with Gasteiger partial charge in [0.15, 0.2) is 0 Å². The Morgan fingerprint density at radius 1 is 1.00 bits per heavy atom. The summed E-state index contributed by atoms with van der Waals surface area (Å²) in [7, 11) is 2.33. The molecule has 0 aromatic heterocycles. The van der Waals surface area contributed by atoms with E-state index in [4.69, 9.17) is 4.74 Å². The molecule has 3 fully saturated rings. The molecule has 1 unspecified atom stereocenters. The molecule has 2 aliphatic carbocycles. The van der Waals surface area contributed by atoms with Crippen LogP contribution in [0, 0.1) is 17.8 Å². The first-order chi connectivity index (χ1) is 18.1. The van der Waals surface area contributed by atoms with Gasteiger partial charge < -0.3 is 19.4 Å². The van der Waals surface area contributed by atoms with Crippen LogP contribution >= 0.6 is 0 Å². The minimum atomic E-state index is 0.359. The van der Waals surface area contributed by atoms with Crippen LogP contribution in [-0.2, 0) is 16.0 Å². The van der Waals surface area contributed by atoms with Gasteiger partial charge in [-0.1, -0.05) is 57.6 Å². The van der Waals surface area contributed by atoms with Gasteiger partial charge in [-0.25, -0.2) is 0 Å². The highest BCUT2D eigenvalue weighted by Crippen LogP contribution is 2.47. The van der Waals surface area contributed by atoms with Crippen LogP contribution in [0.3, 0.4) is 0 Å². The van der Waals surface area contributed by atoms with Gasteiger partial charge in [0, 0.05) is 45.8 Å². The minimum Gasteiger partial charge on any atom is -0.381 e. The van der Waals surface area contributed by atoms with Gasteiger partial charge in [-0.2, -0.15) is 0 Å². The predicted octanol–water partition coefficient (Wildman–Crippen LogP) is 6.64.